The first kappa shape index (κ1) is 16.9. The lowest BCUT2D eigenvalue weighted by Gasteiger charge is -2.33. The normalized spacial score (nSPS) is 18.1. The van der Waals surface area contributed by atoms with E-state index < -0.39 is 6.04 Å². The van der Waals surface area contributed by atoms with E-state index in [4.69, 9.17) is 4.74 Å². The van der Waals surface area contributed by atoms with Crippen LogP contribution in [0.15, 0.2) is 29.2 Å². The van der Waals surface area contributed by atoms with E-state index >= 15 is 0 Å². The molecule has 0 radical (unpaired) electrons. The van der Waals surface area contributed by atoms with E-state index in [2.05, 4.69) is 31.2 Å². The summed E-state index contributed by atoms with van der Waals surface area (Å²) in [6.45, 7) is 2.72. The lowest BCUT2D eigenvalue weighted by atomic mass is 10.0. The van der Waals surface area contributed by atoms with E-state index in [1.165, 1.54) is 17.6 Å². The Labute approximate surface area is 136 Å². The smallest absolute Gasteiger partial charge is 0.328 e. The molecule has 4 nitrogen and oxygen atoms in total. The van der Waals surface area contributed by atoms with Gasteiger partial charge in [0.25, 0.3) is 0 Å². The number of rotatable bonds is 5. The highest BCUT2D eigenvalue weighted by molar-refractivity contribution is 7.99. The molecule has 0 aromatic heterocycles. The Morgan fingerprint density at radius 1 is 1.27 bits per heavy atom. The van der Waals surface area contributed by atoms with Crippen molar-refractivity contribution >= 4 is 23.6 Å². The number of benzene rings is 1. The molecule has 2 rings (SSSR count). The Bertz CT molecular complexity index is 515. The second-order valence-corrected chi connectivity index (χ2v) is 6.70. The monoisotopic (exact) mass is 321 g/mol. The van der Waals surface area contributed by atoms with Crippen LogP contribution in [0.5, 0.6) is 0 Å². The minimum atomic E-state index is -0.393. The lowest BCUT2D eigenvalue weighted by molar-refractivity contribution is -0.154. The number of esters is 1. The number of thioether (sulfide) groups is 1. The number of likely N-dealkylation sites (tertiary alicyclic amines) is 1. The number of aryl methyl sites for hydroxylation is 1. The number of carbonyl (C=O) groups excluding carboxylic acids is 2. The quantitative estimate of drug-likeness (QED) is 0.618. The van der Waals surface area contributed by atoms with Crippen molar-refractivity contribution in [3.8, 4) is 0 Å². The van der Waals surface area contributed by atoms with Crippen LogP contribution >= 0.6 is 11.8 Å². The predicted octanol–water partition coefficient (Wildman–Crippen LogP) is 3.03. The molecule has 0 N–H and O–H groups in total. The predicted molar refractivity (Wildman–Crippen MR) is 87.9 cm³/mol. The number of hydrogen-bond acceptors (Lipinski definition) is 4. The molecule has 22 heavy (non-hydrogen) atoms. The Hall–Kier alpha value is -1.49. The van der Waals surface area contributed by atoms with E-state index in [0.717, 1.165) is 18.6 Å². The summed E-state index contributed by atoms with van der Waals surface area (Å²) in [5, 5.41) is 0. The summed E-state index contributed by atoms with van der Waals surface area (Å²) in [6.07, 6.45) is 3.10. The fourth-order valence-electron chi connectivity index (χ4n) is 2.65. The fourth-order valence-corrected chi connectivity index (χ4v) is 3.49. The molecule has 0 spiro atoms. The lowest BCUT2D eigenvalue weighted by Crippen LogP contribution is -2.48. The van der Waals surface area contributed by atoms with Gasteiger partial charge in [0.1, 0.15) is 6.04 Å². The minimum Gasteiger partial charge on any atom is -0.467 e. The maximum absolute atomic E-state index is 12.4. The molecule has 0 bridgehead atoms. The molecule has 1 atom stereocenters. The summed E-state index contributed by atoms with van der Waals surface area (Å²) in [6, 6.07) is 7.89. The van der Waals surface area contributed by atoms with Gasteiger partial charge < -0.3 is 9.64 Å². The van der Waals surface area contributed by atoms with Gasteiger partial charge in [-0.2, -0.15) is 0 Å². The van der Waals surface area contributed by atoms with Crippen molar-refractivity contribution in [1.82, 2.24) is 4.90 Å². The largest absolute Gasteiger partial charge is 0.467 e. The summed E-state index contributed by atoms with van der Waals surface area (Å²) >= 11 is 1.67. The molecule has 5 heteroatoms. The first-order valence-electron chi connectivity index (χ1n) is 7.68. The molecule has 1 aromatic carbocycles. The third kappa shape index (κ3) is 4.50. The Balaban J connectivity index is 1.84. The molecule has 120 valence electrons. The summed E-state index contributed by atoms with van der Waals surface area (Å²) in [4.78, 5) is 27.0. The van der Waals surface area contributed by atoms with Crippen LogP contribution in [0, 0.1) is 6.92 Å². The zero-order valence-corrected chi connectivity index (χ0v) is 14.0. The molecule has 0 saturated carbocycles. The van der Waals surface area contributed by atoms with Crippen LogP contribution < -0.4 is 0 Å². The number of carbonyl (C=O) groups is 2. The number of nitrogens with zero attached hydrogens (tertiary/aromatic N) is 1. The van der Waals surface area contributed by atoms with E-state index in [0.29, 0.717) is 19.4 Å². The van der Waals surface area contributed by atoms with Crippen LogP contribution in [0.2, 0.25) is 0 Å². The van der Waals surface area contributed by atoms with Crippen molar-refractivity contribution in [3.63, 3.8) is 0 Å². The highest BCUT2D eigenvalue weighted by Crippen LogP contribution is 2.22. The second-order valence-electron chi connectivity index (χ2n) is 5.53. The number of methoxy groups -OCH3 is 1. The highest BCUT2D eigenvalue weighted by atomic mass is 32.2. The topological polar surface area (TPSA) is 46.6 Å². The van der Waals surface area contributed by atoms with Gasteiger partial charge in [0, 0.05) is 23.6 Å². The van der Waals surface area contributed by atoms with Gasteiger partial charge in [-0.3, -0.25) is 4.79 Å². The molecule has 1 aromatic rings. The molecule has 1 unspecified atom stereocenters. The fraction of sp³-hybridized carbons (Fsp3) is 0.529. The van der Waals surface area contributed by atoms with Crippen molar-refractivity contribution in [3.05, 3.63) is 29.8 Å². The highest BCUT2D eigenvalue weighted by Gasteiger charge is 2.32. The first-order valence-corrected chi connectivity index (χ1v) is 8.67. The number of piperidine rings is 1. The molecular formula is C17H23NO3S. The number of ether oxygens (including phenoxy) is 1. The van der Waals surface area contributed by atoms with E-state index in [9.17, 15) is 9.59 Å². The van der Waals surface area contributed by atoms with Crippen LogP contribution in [0.25, 0.3) is 0 Å². The maximum Gasteiger partial charge on any atom is 0.328 e. The average molecular weight is 321 g/mol. The van der Waals surface area contributed by atoms with Crippen molar-refractivity contribution in [1.29, 1.82) is 0 Å². The molecule has 1 aliphatic rings. The van der Waals surface area contributed by atoms with E-state index in [1.54, 1.807) is 16.7 Å². The zero-order valence-electron chi connectivity index (χ0n) is 13.2. The molecule has 1 amide bonds. The van der Waals surface area contributed by atoms with Gasteiger partial charge >= 0.3 is 5.97 Å². The van der Waals surface area contributed by atoms with Crippen molar-refractivity contribution in [2.45, 2.75) is 43.5 Å². The molecule has 1 heterocycles. The van der Waals surface area contributed by atoms with Crippen molar-refractivity contribution in [2.24, 2.45) is 0 Å². The second kappa shape index (κ2) is 8.22. The summed E-state index contributed by atoms with van der Waals surface area (Å²) < 4.78 is 4.82. The summed E-state index contributed by atoms with van der Waals surface area (Å²) in [7, 11) is 1.38. The van der Waals surface area contributed by atoms with Crippen molar-refractivity contribution < 1.29 is 14.3 Å². The van der Waals surface area contributed by atoms with Crippen LogP contribution in [0.3, 0.4) is 0 Å². The molecule has 1 fully saturated rings. The van der Waals surface area contributed by atoms with Gasteiger partial charge in [-0.15, -0.1) is 11.8 Å². The maximum atomic E-state index is 12.4. The molecule has 1 saturated heterocycles. The third-order valence-electron chi connectivity index (χ3n) is 3.90. The Morgan fingerprint density at radius 2 is 2.00 bits per heavy atom. The zero-order chi connectivity index (χ0) is 15.9. The van der Waals surface area contributed by atoms with Crippen LogP contribution in [0.4, 0.5) is 0 Å². The SMILES string of the molecule is COC(=O)C1CCCCN1C(=O)CCSc1ccc(C)cc1. The van der Waals surface area contributed by atoms with Crippen LogP contribution in [-0.2, 0) is 14.3 Å². The van der Waals surface area contributed by atoms with E-state index in [1.807, 2.05) is 0 Å². The van der Waals surface area contributed by atoms with Gasteiger partial charge in [0.2, 0.25) is 5.91 Å². The Morgan fingerprint density at radius 3 is 2.68 bits per heavy atom. The summed E-state index contributed by atoms with van der Waals surface area (Å²) in [5.41, 5.74) is 1.23. The first-order chi connectivity index (χ1) is 10.6. The number of amides is 1. The third-order valence-corrected chi connectivity index (χ3v) is 4.92. The van der Waals surface area contributed by atoms with Gasteiger partial charge in [-0.25, -0.2) is 4.79 Å². The summed E-state index contributed by atoms with van der Waals surface area (Å²) in [5.74, 6) is 0.487. The van der Waals surface area contributed by atoms with Crippen LogP contribution in [-0.4, -0.2) is 42.2 Å². The Kier molecular flexibility index (Phi) is 6.31. The molecule has 0 aliphatic carbocycles. The number of hydrogen-bond donors (Lipinski definition) is 0. The molecular weight excluding hydrogens is 298 g/mol. The van der Waals surface area contributed by atoms with E-state index in [-0.39, 0.29) is 11.9 Å². The van der Waals surface area contributed by atoms with Gasteiger partial charge in [0.05, 0.1) is 7.11 Å². The molecule has 1 aliphatic heterocycles. The van der Waals surface area contributed by atoms with Gasteiger partial charge in [-0.1, -0.05) is 17.7 Å². The average Bonchev–Trinajstić information content (AvgIpc) is 2.56. The van der Waals surface area contributed by atoms with Crippen LogP contribution in [0.1, 0.15) is 31.2 Å². The van der Waals surface area contributed by atoms with Crippen molar-refractivity contribution in [2.75, 3.05) is 19.4 Å². The standard InChI is InChI=1S/C17H23NO3S/c1-13-6-8-14(9-7-13)22-12-10-16(19)18-11-4-3-5-15(18)17(20)21-2/h6-9,15H,3-5,10-12H2,1-2H3. The van der Waals surface area contributed by atoms with Gasteiger partial charge in [0.15, 0.2) is 0 Å². The van der Waals surface area contributed by atoms with Gasteiger partial charge in [-0.05, 0) is 38.3 Å². The minimum absolute atomic E-state index is 0.0507.